The van der Waals surface area contributed by atoms with E-state index < -0.39 is 5.97 Å². The summed E-state index contributed by atoms with van der Waals surface area (Å²) in [6.45, 7) is 3.31. The summed E-state index contributed by atoms with van der Waals surface area (Å²) in [5.41, 5.74) is 0.126. The van der Waals surface area contributed by atoms with E-state index in [9.17, 15) is 9.59 Å². The molecular weight excluding hydrogens is 260 g/mol. The molecule has 20 heavy (non-hydrogen) atoms. The van der Waals surface area contributed by atoms with E-state index in [-0.39, 0.29) is 24.5 Å². The average molecular weight is 286 g/mol. The quantitative estimate of drug-likeness (QED) is 0.481. The lowest BCUT2D eigenvalue weighted by molar-refractivity contribution is -0.137. The van der Waals surface area contributed by atoms with Crippen LogP contribution in [0.5, 0.6) is 0 Å². The van der Waals surface area contributed by atoms with Crippen LogP contribution < -0.4 is 10.6 Å². The molecule has 0 bridgehead atoms. The summed E-state index contributed by atoms with van der Waals surface area (Å²) < 4.78 is 0. The molecule has 2 amide bonds. The maximum Gasteiger partial charge on any atom is 0.314 e. The van der Waals surface area contributed by atoms with Crippen LogP contribution in [0, 0.1) is 11.3 Å². The van der Waals surface area contributed by atoms with E-state index in [0.29, 0.717) is 25.4 Å². The summed E-state index contributed by atoms with van der Waals surface area (Å²) in [6.07, 6.45) is 4.63. The van der Waals surface area contributed by atoms with Crippen LogP contribution in [-0.2, 0) is 4.79 Å². The Balaban J connectivity index is 2.23. The number of hydrogen-bond acceptors (Lipinski definition) is 3. The van der Waals surface area contributed by atoms with Crippen molar-refractivity contribution in [1.82, 2.24) is 10.6 Å². The zero-order valence-corrected chi connectivity index (χ0v) is 12.2. The molecule has 0 spiro atoms. The Morgan fingerprint density at radius 1 is 1.30 bits per heavy atom. The second kappa shape index (κ2) is 8.09. The molecule has 0 aromatic heterocycles. The number of carbonyl (C=O) groups excluding carboxylic acids is 1. The fraction of sp³-hybridized carbons (Fsp3) is 0.857. The van der Waals surface area contributed by atoms with Crippen molar-refractivity contribution in [2.24, 2.45) is 11.3 Å². The molecule has 0 heterocycles. The molecular formula is C14H26N2O4. The van der Waals surface area contributed by atoms with Gasteiger partial charge in [-0.15, -0.1) is 0 Å². The van der Waals surface area contributed by atoms with Crippen LogP contribution in [0.2, 0.25) is 0 Å². The summed E-state index contributed by atoms with van der Waals surface area (Å²) >= 11 is 0. The minimum Gasteiger partial charge on any atom is -0.481 e. The average Bonchev–Trinajstić information content (AvgIpc) is 2.33. The van der Waals surface area contributed by atoms with E-state index in [1.807, 2.05) is 0 Å². The number of urea groups is 1. The summed E-state index contributed by atoms with van der Waals surface area (Å²) in [5.74, 6) is -0.452. The molecule has 1 fully saturated rings. The molecule has 1 unspecified atom stereocenters. The van der Waals surface area contributed by atoms with Crippen LogP contribution in [-0.4, -0.2) is 41.9 Å². The number of aliphatic carboxylic acids is 1. The van der Waals surface area contributed by atoms with Crippen LogP contribution in [0.1, 0.15) is 45.4 Å². The predicted molar refractivity (Wildman–Crippen MR) is 75.4 cm³/mol. The van der Waals surface area contributed by atoms with Gasteiger partial charge in [-0.1, -0.05) is 13.3 Å². The van der Waals surface area contributed by atoms with Gasteiger partial charge in [-0.2, -0.15) is 0 Å². The standard InChI is InChI=1S/C14H26N2O4/c1-11(5-9-17)14(6-3-7-14)10-16-13(20)15-8-2-4-12(18)19/h11,17H,2-10H2,1H3,(H,18,19)(H2,15,16,20). The molecule has 1 atom stereocenters. The Bertz CT molecular complexity index is 329. The third-order valence-electron chi connectivity index (χ3n) is 4.41. The molecule has 116 valence electrons. The van der Waals surface area contributed by atoms with Gasteiger partial charge in [0.1, 0.15) is 0 Å². The molecule has 0 aromatic carbocycles. The number of hydrogen-bond donors (Lipinski definition) is 4. The molecule has 0 saturated heterocycles. The van der Waals surface area contributed by atoms with Gasteiger partial charge in [0.25, 0.3) is 0 Å². The van der Waals surface area contributed by atoms with Gasteiger partial charge in [0.2, 0.25) is 0 Å². The molecule has 1 saturated carbocycles. The first kappa shape index (κ1) is 16.8. The lowest BCUT2D eigenvalue weighted by Crippen LogP contribution is -2.49. The molecule has 0 aromatic rings. The SMILES string of the molecule is CC(CCO)C1(CNC(=O)NCCCC(=O)O)CCC1. The highest BCUT2D eigenvalue weighted by molar-refractivity contribution is 5.74. The van der Waals surface area contributed by atoms with E-state index in [0.717, 1.165) is 19.3 Å². The van der Waals surface area contributed by atoms with Crippen molar-refractivity contribution in [2.75, 3.05) is 19.7 Å². The third kappa shape index (κ3) is 5.00. The van der Waals surface area contributed by atoms with Crippen molar-refractivity contribution < 1.29 is 19.8 Å². The van der Waals surface area contributed by atoms with Crippen LogP contribution in [0.15, 0.2) is 0 Å². The van der Waals surface area contributed by atoms with E-state index >= 15 is 0 Å². The smallest absolute Gasteiger partial charge is 0.314 e. The second-order valence-electron chi connectivity index (χ2n) is 5.74. The van der Waals surface area contributed by atoms with Gasteiger partial charge in [-0.05, 0) is 37.0 Å². The number of rotatable bonds is 9. The Morgan fingerprint density at radius 2 is 2.00 bits per heavy atom. The van der Waals surface area contributed by atoms with E-state index in [4.69, 9.17) is 10.2 Å². The predicted octanol–water partition coefficient (Wildman–Crippen LogP) is 1.34. The van der Waals surface area contributed by atoms with Gasteiger partial charge in [0.15, 0.2) is 0 Å². The number of nitrogens with one attached hydrogen (secondary N) is 2. The number of carbonyl (C=O) groups is 2. The zero-order valence-electron chi connectivity index (χ0n) is 12.2. The normalized spacial score (nSPS) is 17.9. The van der Waals surface area contributed by atoms with Gasteiger partial charge < -0.3 is 20.8 Å². The van der Waals surface area contributed by atoms with Crippen LogP contribution >= 0.6 is 0 Å². The summed E-state index contributed by atoms with van der Waals surface area (Å²) in [4.78, 5) is 22.0. The molecule has 1 aliphatic carbocycles. The number of carboxylic acids is 1. The van der Waals surface area contributed by atoms with Crippen molar-refractivity contribution in [3.05, 3.63) is 0 Å². The highest BCUT2D eigenvalue weighted by atomic mass is 16.4. The minimum absolute atomic E-state index is 0.0672. The summed E-state index contributed by atoms with van der Waals surface area (Å²) in [6, 6.07) is -0.238. The maximum atomic E-state index is 11.6. The van der Waals surface area contributed by atoms with Crippen molar-refractivity contribution in [2.45, 2.75) is 45.4 Å². The molecule has 6 nitrogen and oxygen atoms in total. The molecule has 1 aliphatic rings. The van der Waals surface area contributed by atoms with Gasteiger partial charge in [-0.3, -0.25) is 4.79 Å². The van der Waals surface area contributed by atoms with Crippen LogP contribution in [0.25, 0.3) is 0 Å². The number of amides is 2. The van der Waals surface area contributed by atoms with Crippen LogP contribution in [0.4, 0.5) is 4.79 Å². The number of aliphatic hydroxyl groups excluding tert-OH is 1. The highest BCUT2D eigenvalue weighted by Crippen LogP contribution is 2.47. The van der Waals surface area contributed by atoms with Crippen molar-refractivity contribution in [3.63, 3.8) is 0 Å². The van der Waals surface area contributed by atoms with E-state index in [1.54, 1.807) is 0 Å². The number of aliphatic hydroxyl groups is 1. The van der Waals surface area contributed by atoms with Gasteiger partial charge in [0, 0.05) is 26.1 Å². The lowest BCUT2D eigenvalue weighted by atomic mass is 9.60. The Kier molecular flexibility index (Phi) is 6.78. The Labute approximate surface area is 119 Å². The molecule has 4 N–H and O–H groups in total. The molecule has 6 heteroatoms. The topological polar surface area (TPSA) is 98.7 Å². The van der Waals surface area contributed by atoms with Gasteiger partial charge >= 0.3 is 12.0 Å². The van der Waals surface area contributed by atoms with Crippen molar-refractivity contribution in [3.8, 4) is 0 Å². The maximum absolute atomic E-state index is 11.6. The molecule has 0 radical (unpaired) electrons. The zero-order chi connectivity index (χ0) is 15.0. The highest BCUT2D eigenvalue weighted by Gasteiger charge is 2.41. The minimum atomic E-state index is -0.849. The summed E-state index contributed by atoms with van der Waals surface area (Å²) in [5, 5.41) is 23.1. The second-order valence-corrected chi connectivity index (χ2v) is 5.74. The molecule has 1 rings (SSSR count). The lowest BCUT2D eigenvalue weighted by Gasteiger charge is -2.46. The van der Waals surface area contributed by atoms with Crippen molar-refractivity contribution >= 4 is 12.0 Å². The fourth-order valence-corrected chi connectivity index (χ4v) is 2.73. The molecule has 0 aliphatic heterocycles. The van der Waals surface area contributed by atoms with E-state index in [1.165, 1.54) is 6.42 Å². The van der Waals surface area contributed by atoms with E-state index in [2.05, 4.69) is 17.6 Å². The fourth-order valence-electron chi connectivity index (χ4n) is 2.73. The van der Waals surface area contributed by atoms with Crippen LogP contribution in [0.3, 0.4) is 0 Å². The number of carboxylic acid groups (broad SMARTS) is 1. The third-order valence-corrected chi connectivity index (χ3v) is 4.41. The van der Waals surface area contributed by atoms with Gasteiger partial charge in [0.05, 0.1) is 0 Å². The summed E-state index contributed by atoms with van der Waals surface area (Å²) in [7, 11) is 0. The first-order chi connectivity index (χ1) is 9.50. The van der Waals surface area contributed by atoms with Gasteiger partial charge in [-0.25, -0.2) is 4.79 Å². The first-order valence-electron chi connectivity index (χ1n) is 7.34. The van der Waals surface area contributed by atoms with Crippen molar-refractivity contribution in [1.29, 1.82) is 0 Å². The largest absolute Gasteiger partial charge is 0.481 e. The first-order valence-corrected chi connectivity index (χ1v) is 7.34. The monoisotopic (exact) mass is 286 g/mol. The Morgan fingerprint density at radius 3 is 2.50 bits per heavy atom. The Hall–Kier alpha value is -1.30.